The zero-order valence-corrected chi connectivity index (χ0v) is 16.5. The molecule has 8 heteroatoms. The van der Waals surface area contributed by atoms with Crippen LogP contribution in [0.1, 0.15) is 30.8 Å². The van der Waals surface area contributed by atoms with E-state index in [0.717, 1.165) is 6.42 Å². The third-order valence-corrected chi connectivity index (χ3v) is 5.14. The van der Waals surface area contributed by atoms with Gasteiger partial charge in [-0.25, -0.2) is 9.07 Å². The Hall–Kier alpha value is -1.44. The van der Waals surface area contributed by atoms with Gasteiger partial charge < -0.3 is 10.6 Å². The number of carbonyl (C=O) groups excluding carboxylic acids is 1. The topological polar surface area (TPSA) is 64.2 Å². The summed E-state index contributed by atoms with van der Waals surface area (Å²) in [5.41, 5.74) is 7.06. The van der Waals surface area contributed by atoms with Crippen molar-refractivity contribution in [2.75, 3.05) is 13.1 Å². The van der Waals surface area contributed by atoms with Crippen molar-refractivity contribution in [2.45, 2.75) is 26.3 Å². The molecule has 0 radical (unpaired) electrons. The molecule has 136 valence electrons. The van der Waals surface area contributed by atoms with E-state index in [9.17, 15) is 9.18 Å². The Morgan fingerprint density at radius 1 is 1.36 bits per heavy atom. The third kappa shape index (κ3) is 4.04. The number of likely N-dealkylation sites (tertiary alicyclic amines) is 1. The van der Waals surface area contributed by atoms with Gasteiger partial charge in [-0.1, -0.05) is 13.8 Å². The summed E-state index contributed by atoms with van der Waals surface area (Å²) in [4.78, 5) is 14.6. The zero-order chi connectivity index (χ0) is 17.5. The van der Waals surface area contributed by atoms with Crippen molar-refractivity contribution in [1.82, 2.24) is 14.7 Å². The van der Waals surface area contributed by atoms with Gasteiger partial charge in [-0.15, -0.1) is 12.4 Å². The molecule has 1 aliphatic heterocycles. The molecule has 25 heavy (non-hydrogen) atoms. The summed E-state index contributed by atoms with van der Waals surface area (Å²) >= 11 is 3.41. The minimum atomic E-state index is -0.312. The Balaban J connectivity index is 0.00000225. The van der Waals surface area contributed by atoms with Crippen molar-refractivity contribution in [1.29, 1.82) is 0 Å². The van der Waals surface area contributed by atoms with E-state index >= 15 is 0 Å². The molecule has 2 aromatic rings. The smallest absolute Gasteiger partial charge is 0.275 e. The SMILES string of the molecule is CC1(C)CN(C(=O)c2nn(-c3ccc(F)cc3)cc2Br)CCC1N.Cl. The van der Waals surface area contributed by atoms with Gasteiger partial charge in [0.15, 0.2) is 5.69 Å². The van der Waals surface area contributed by atoms with Crippen molar-refractivity contribution in [3.8, 4) is 5.69 Å². The van der Waals surface area contributed by atoms with Gasteiger partial charge in [0.2, 0.25) is 0 Å². The first-order chi connectivity index (χ1) is 11.3. The summed E-state index contributed by atoms with van der Waals surface area (Å²) in [6, 6.07) is 6.04. The monoisotopic (exact) mass is 430 g/mol. The highest BCUT2D eigenvalue weighted by Crippen LogP contribution is 2.29. The van der Waals surface area contributed by atoms with Gasteiger partial charge in [-0.3, -0.25) is 4.79 Å². The maximum atomic E-state index is 13.1. The van der Waals surface area contributed by atoms with Crippen LogP contribution in [0.25, 0.3) is 5.69 Å². The zero-order valence-electron chi connectivity index (χ0n) is 14.1. The molecule has 1 atom stereocenters. The van der Waals surface area contributed by atoms with Crippen LogP contribution in [-0.4, -0.2) is 39.7 Å². The van der Waals surface area contributed by atoms with Crippen LogP contribution in [0.3, 0.4) is 0 Å². The maximum Gasteiger partial charge on any atom is 0.275 e. The normalized spacial score (nSPS) is 19.4. The quantitative estimate of drug-likeness (QED) is 0.793. The van der Waals surface area contributed by atoms with E-state index in [4.69, 9.17) is 5.73 Å². The molecule has 0 aliphatic carbocycles. The molecule has 3 rings (SSSR count). The number of piperidine rings is 1. The van der Waals surface area contributed by atoms with Crippen molar-refractivity contribution in [3.05, 3.63) is 46.4 Å². The molecule has 0 spiro atoms. The summed E-state index contributed by atoms with van der Waals surface area (Å²) in [6.07, 6.45) is 2.48. The highest BCUT2D eigenvalue weighted by Gasteiger charge is 2.36. The number of nitrogens with two attached hydrogens (primary N) is 1. The average Bonchev–Trinajstić information content (AvgIpc) is 2.92. The minimum Gasteiger partial charge on any atom is -0.337 e. The largest absolute Gasteiger partial charge is 0.337 e. The van der Waals surface area contributed by atoms with Gasteiger partial charge in [-0.2, -0.15) is 5.10 Å². The Labute approximate surface area is 160 Å². The first kappa shape index (κ1) is 19.9. The molecule has 1 aromatic heterocycles. The van der Waals surface area contributed by atoms with Gasteiger partial charge in [0.25, 0.3) is 5.91 Å². The molecular formula is C17H21BrClFN4O. The maximum absolute atomic E-state index is 13.1. The second-order valence-electron chi connectivity index (χ2n) is 6.86. The van der Waals surface area contributed by atoms with Crippen LogP contribution >= 0.6 is 28.3 Å². The summed E-state index contributed by atoms with van der Waals surface area (Å²) in [6.45, 7) is 5.37. The summed E-state index contributed by atoms with van der Waals surface area (Å²) in [5, 5.41) is 4.38. The average molecular weight is 432 g/mol. The van der Waals surface area contributed by atoms with Crippen LogP contribution < -0.4 is 5.73 Å². The lowest BCUT2D eigenvalue weighted by molar-refractivity contribution is 0.0526. The van der Waals surface area contributed by atoms with Crippen LogP contribution in [0, 0.1) is 11.2 Å². The van der Waals surface area contributed by atoms with E-state index in [1.807, 2.05) is 0 Å². The summed E-state index contributed by atoms with van der Waals surface area (Å²) in [5.74, 6) is -0.434. The van der Waals surface area contributed by atoms with Gasteiger partial charge in [0.05, 0.1) is 10.2 Å². The molecule has 1 aromatic carbocycles. The molecule has 1 unspecified atom stereocenters. The fraction of sp³-hybridized carbons (Fsp3) is 0.412. The molecule has 2 N–H and O–H groups in total. The number of nitrogens with zero attached hydrogens (tertiary/aromatic N) is 3. The number of hydrogen-bond acceptors (Lipinski definition) is 3. The molecule has 0 bridgehead atoms. The van der Waals surface area contributed by atoms with Crippen molar-refractivity contribution >= 4 is 34.2 Å². The molecule has 2 heterocycles. The number of rotatable bonds is 2. The van der Waals surface area contributed by atoms with Crippen molar-refractivity contribution in [2.24, 2.45) is 11.1 Å². The van der Waals surface area contributed by atoms with Crippen LogP contribution in [0.2, 0.25) is 0 Å². The fourth-order valence-corrected chi connectivity index (χ4v) is 3.36. The van der Waals surface area contributed by atoms with Crippen molar-refractivity contribution in [3.63, 3.8) is 0 Å². The van der Waals surface area contributed by atoms with Crippen LogP contribution in [0.5, 0.6) is 0 Å². The third-order valence-electron chi connectivity index (χ3n) is 4.56. The number of carbonyl (C=O) groups is 1. The molecular weight excluding hydrogens is 411 g/mol. The Bertz CT molecular complexity index is 763. The Morgan fingerprint density at radius 3 is 2.60 bits per heavy atom. The minimum absolute atomic E-state index is 0. The predicted octanol–water partition coefficient (Wildman–Crippen LogP) is 3.40. The fourth-order valence-electron chi connectivity index (χ4n) is 2.92. The lowest BCUT2D eigenvalue weighted by Gasteiger charge is -2.42. The summed E-state index contributed by atoms with van der Waals surface area (Å²) < 4.78 is 15.2. The van der Waals surface area contributed by atoms with Crippen LogP contribution in [0.4, 0.5) is 4.39 Å². The van der Waals surface area contributed by atoms with E-state index in [2.05, 4.69) is 34.9 Å². The van der Waals surface area contributed by atoms with Crippen LogP contribution in [0.15, 0.2) is 34.9 Å². The molecule has 1 aliphatic rings. The highest BCUT2D eigenvalue weighted by atomic mass is 79.9. The second-order valence-corrected chi connectivity index (χ2v) is 7.71. The highest BCUT2D eigenvalue weighted by molar-refractivity contribution is 9.10. The van der Waals surface area contributed by atoms with Gasteiger partial charge >= 0.3 is 0 Å². The first-order valence-corrected chi connectivity index (χ1v) is 8.63. The molecule has 5 nitrogen and oxygen atoms in total. The van der Waals surface area contributed by atoms with Gasteiger partial charge in [0, 0.05) is 25.3 Å². The number of halogens is 3. The molecule has 1 amide bonds. The predicted molar refractivity (Wildman–Crippen MR) is 101 cm³/mol. The Morgan fingerprint density at radius 2 is 2.00 bits per heavy atom. The van der Waals surface area contributed by atoms with Crippen molar-refractivity contribution < 1.29 is 9.18 Å². The molecule has 1 fully saturated rings. The van der Waals surface area contributed by atoms with E-state index in [0.29, 0.717) is 28.9 Å². The Kier molecular flexibility index (Phi) is 5.91. The number of benzene rings is 1. The summed E-state index contributed by atoms with van der Waals surface area (Å²) in [7, 11) is 0. The van der Waals surface area contributed by atoms with E-state index < -0.39 is 0 Å². The second kappa shape index (κ2) is 7.43. The first-order valence-electron chi connectivity index (χ1n) is 7.84. The van der Waals surface area contributed by atoms with E-state index in [-0.39, 0.29) is 35.6 Å². The molecule has 0 saturated carbocycles. The van der Waals surface area contributed by atoms with Crippen LogP contribution in [-0.2, 0) is 0 Å². The molecule has 1 saturated heterocycles. The van der Waals surface area contributed by atoms with Gasteiger partial charge in [-0.05, 0) is 52.0 Å². The number of amides is 1. The lowest BCUT2D eigenvalue weighted by atomic mass is 9.79. The van der Waals surface area contributed by atoms with E-state index in [1.54, 1.807) is 27.9 Å². The number of hydrogen-bond donors (Lipinski definition) is 1. The standard InChI is InChI=1S/C17H20BrFN4O.ClH/c1-17(2)10-22(8-7-14(17)20)16(24)15-13(18)9-23(21-15)12-5-3-11(19)4-6-12;/h3-6,9,14H,7-8,10,20H2,1-2H3;1H. The van der Waals surface area contributed by atoms with Gasteiger partial charge in [0.1, 0.15) is 5.82 Å². The lowest BCUT2D eigenvalue weighted by Crippen LogP contribution is -2.54. The number of aromatic nitrogens is 2. The van der Waals surface area contributed by atoms with E-state index in [1.165, 1.54) is 12.1 Å².